The number of hydrogen-bond donors (Lipinski definition) is 1. The summed E-state index contributed by atoms with van der Waals surface area (Å²) >= 11 is 0. The fraction of sp³-hybridized carbons (Fsp3) is 1.00. The summed E-state index contributed by atoms with van der Waals surface area (Å²) in [6.45, 7) is 14.8. The van der Waals surface area contributed by atoms with Crippen LogP contribution in [-0.4, -0.2) is 36.2 Å². The average molecular weight is 229 g/mol. The molecule has 16 heavy (non-hydrogen) atoms. The Labute approximate surface area is 102 Å². The molecule has 0 saturated heterocycles. The molecular formula is C14H31NO. The van der Waals surface area contributed by atoms with E-state index in [1.807, 2.05) is 0 Å². The Kier molecular flexibility index (Phi) is 8.04. The van der Waals surface area contributed by atoms with E-state index >= 15 is 0 Å². The molecule has 0 saturated carbocycles. The summed E-state index contributed by atoms with van der Waals surface area (Å²) in [5, 5.41) is 9.59. The maximum absolute atomic E-state index is 9.59. The van der Waals surface area contributed by atoms with Crippen LogP contribution >= 0.6 is 0 Å². The van der Waals surface area contributed by atoms with Crippen LogP contribution < -0.4 is 0 Å². The highest BCUT2D eigenvalue weighted by molar-refractivity contribution is 4.80. The molecular weight excluding hydrogens is 198 g/mol. The molecule has 0 aromatic rings. The van der Waals surface area contributed by atoms with Gasteiger partial charge in [-0.25, -0.2) is 0 Å². The minimum Gasteiger partial charge on any atom is -0.396 e. The van der Waals surface area contributed by atoms with Crippen LogP contribution in [0, 0.1) is 11.3 Å². The van der Waals surface area contributed by atoms with Gasteiger partial charge in [-0.1, -0.05) is 41.0 Å². The maximum atomic E-state index is 9.59. The molecule has 0 aromatic carbocycles. The zero-order valence-corrected chi connectivity index (χ0v) is 11.9. The second-order valence-corrected chi connectivity index (χ2v) is 5.21. The first kappa shape index (κ1) is 15.9. The second-order valence-electron chi connectivity index (χ2n) is 5.21. The largest absolute Gasteiger partial charge is 0.396 e. The van der Waals surface area contributed by atoms with Gasteiger partial charge < -0.3 is 10.0 Å². The van der Waals surface area contributed by atoms with Crippen molar-refractivity contribution in [1.82, 2.24) is 4.90 Å². The molecule has 0 bridgehead atoms. The molecule has 1 N–H and O–H groups in total. The van der Waals surface area contributed by atoms with Gasteiger partial charge in [0.1, 0.15) is 0 Å². The monoisotopic (exact) mass is 229 g/mol. The van der Waals surface area contributed by atoms with Crippen molar-refractivity contribution in [2.75, 3.05) is 26.2 Å². The summed E-state index contributed by atoms with van der Waals surface area (Å²) in [5.41, 5.74) is 0.115. The van der Waals surface area contributed by atoms with Crippen molar-refractivity contribution >= 4 is 0 Å². The van der Waals surface area contributed by atoms with Crippen LogP contribution in [0.3, 0.4) is 0 Å². The molecule has 0 aliphatic rings. The van der Waals surface area contributed by atoms with Gasteiger partial charge >= 0.3 is 0 Å². The van der Waals surface area contributed by atoms with E-state index in [9.17, 15) is 5.11 Å². The number of aliphatic hydroxyl groups excluding tert-OH is 1. The summed E-state index contributed by atoms with van der Waals surface area (Å²) in [4.78, 5) is 2.50. The summed E-state index contributed by atoms with van der Waals surface area (Å²) < 4.78 is 0. The van der Waals surface area contributed by atoms with Crippen LogP contribution in [0.15, 0.2) is 0 Å². The molecule has 0 radical (unpaired) electrons. The molecule has 0 fully saturated rings. The van der Waals surface area contributed by atoms with Gasteiger partial charge in [-0.3, -0.25) is 0 Å². The van der Waals surface area contributed by atoms with E-state index in [4.69, 9.17) is 0 Å². The first-order chi connectivity index (χ1) is 7.57. The van der Waals surface area contributed by atoms with Crippen molar-refractivity contribution in [3.63, 3.8) is 0 Å². The highest BCUT2D eigenvalue weighted by Gasteiger charge is 2.27. The Morgan fingerprint density at radius 1 is 1.12 bits per heavy atom. The van der Waals surface area contributed by atoms with Crippen molar-refractivity contribution in [3.8, 4) is 0 Å². The predicted octanol–water partition coefficient (Wildman–Crippen LogP) is 3.15. The fourth-order valence-electron chi connectivity index (χ4n) is 2.10. The molecule has 0 heterocycles. The molecule has 0 spiro atoms. The standard InChI is InChI=1S/C14H31NO/c1-6-13(5)10-15(9-4)11-14(7-2,8-3)12-16/h13,16H,6-12H2,1-5H3. The lowest BCUT2D eigenvalue weighted by Crippen LogP contribution is -2.41. The van der Waals surface area contributed by atoms with Gasteiger partial charge in [0.15, 0.2) is 0 Å². The zero-order chi connectivity index (χ0) is 12.6. The molecule has 0 rings (SSSR count). The third kappa shape index (κ3) is 4.84. The number of aliphatic hydroxyl groups is 1. The van der Waals surface area contributed by atoms with Crippen LogP contribution in [0.4, 0.5) is 0 Å². The molecule has 0 amide bonds. The van der Waals surface area contributed by atoms with Crippen LogP contribution in [0.1, 0.15) is 53.9 Å². The summed E-state index contributed by atoms with van der Waals surface area (Å²) in [6.07, 6.45) is 3.37. The highest BCUT2D eigenvalue weighted by atomic mass is 16.3. The molecule has 2 nitrogen and oxygen atoms in total. The van der Waals surface area contributed by atoms with E-state index in [2.05, 4.69) is 39.5 Å². The Bertz CT molecular complexity index is 158. The molecule has 0 aliphatic carbocycles. The maximum Gasteiger partial charge on any atom is 0.0499 e. The highest BCUT2D eigenvalue weighted by Crippen LogP contribution is 2.27. The summed E-state index contributed by atoms with van der Waals surface area (Å²) in [7, 11) is 0. The van der Waals surface area contributed by atoms with E-state index in [1.165, 1.54) is 6.42 Å². The van der Waals surface area contributed by atoms with Gasteiger partial charge in [-0.15, -0.1) is 0 Å². The minimum absolute atomic E-state index is 0.115. The van der Waals surface area contributed by atoms with Gasteiger partial charge in [-0.2, -0.15) is 0 Å². The van der Waals surface area contributed by atoms with Crippen LogP contribution in [-0.2, 0) is 0 Å². The van der Waals surface area contributed by atoms with E-state index < -0.39 is 0 Å². The van der Waals surface area contributed by atoms with Crippen molar-refractivity contribution in [3.05, 3.63) is 0 Å². The van der Waals surface area contributed by atoms with Crippen LogP contribution in [0.5, 0.6) is 0 Å². The van der Waals surface area contributed by atoms with Gasteiger partial charge in [0.25, 0.3) is 0 Å². The predicted molar refractivity (Wildman–Crippen MR) is 71.7 cm³/mol. The minimum atomic E-state index is 0.115. The Balaban J connectivity index is 4.37. The third-order valence-corrected chi connectivity index (χ3v) is 4.11. The summed E-state index contributed by atoms with van der Waals surface area (Å²) in [6, 6.07) is 0. The SMILES string of the molecule is CCC(C)CN(CC)CC(CC)(CC)CO. The Hall–Kier alpha value is -0.0800. The smallest absolute Gasteiger partial charge is 0.0499 e. The van der Waals surface area contributed by atoms with Gasteiger partial charge in [0, 0.05) is 25.1 Å². The van der Waals surface area contributed by atoms with Crippen molar-refractivity contribution in [2.24, 2.45) is 11.3 Å². The second kappa shape index (κ2) is 8.08. The number of hydrogen-bond acceptors (Lipinski definition) is 2. The van der Waals surface area contributed by atoms with E-state index in [0.29, 0.717) is 6.61 Å². The number of rotatable bonds is 9. The number of nitrogens with zero attached hydrogens (tertiary/aromatic N) is 1. The molecule has 1 atom stereocenters. The lowest BCUT2D eigenvalue weighted by atomic mass is 9.82. The first-order valence-electron chi connectivity index (χ1n) is 6.90. The van der Waals surface area contributed by atoms with Crippen molar-refractivity contribution in [2.45, 2.75) is 53.9 Å². The molecule has 1 unspecified atom stereocenters. The van der Waals surface area contributed by atoms with Crippen LogP contribution in [0.2, 0.25) is 0 Å². The lowest BCUT2D eigenvalue weighted by molar-refractivity contribution is 0.0620. The molecule has 0 aliphatic heterocycles. The van der Waals surface area contributed by atoms with Crippen molar-refractivity contribution < 1.29 is 5.11 Å². The Morgan fingerprint density at radius 3 is 2.00 bits per heavy atom. The van der Waals surface area contributed by atoms with E-state index in [-0.39, 0.29) is 5.41 Å². The normalized spacial score (nSPS) is 14.4. The molecule has 2 heteroatoms. The lowest BCUT2D eigenvalue weighted by Gasteiger charge is -2.36. The van der Waals surface area contributed by atoms with Crippen molar-refractivity contribution in [1.29, 1.82) is 0 Å². The fourth-order valence-corrected chi connectivity index (χ4v) is 2.10. The van der Waals surface area contributed by atoms with Gasteiger partial charge in [-0.05, 0) is 25.3 Å². The van der Waals surface area contributed by atoms with Crippen LogP contribution in [0.25, 0.3) is 0 Å². The summed E-state index contributed by atoms with van der Waals surface area (Å²) in [5.74, 6) is 0.755. The molecule has 0 aromatic heterocycles. The van der Waals surface area contributed by atoms with E-state index in [0.717, 1.165) is 38.4 Å². The van der Waals surface area contributed by atoms with Gasteiger partial charge in [0.05, 0.1) is 0 Å². The zero-order valence-electron chi connectivity index (χ0n) is 11.9. The quantitative estimate of drug-likeness (QED) is 0.656. The van der Waals surface area contributed by atoms with E-state index in [1.54, 1.807) is 0 Å². The molecule has 98 valence electrons. The Morgan fingerprint density at radius 2 is 1.69 bits per heavy atom. The topological polar surface area (TPSA) is 23.5 Å². The third-order valence-electron chi connectivity index (χ3n) is 4.11. The average Bonchev–Trinajstić information content (AvgIpc) is 2.34. The first-order valence-corrected chi connectivity index (χ1v) is 6.90. The van der Waals surface area contributed by atoms with Gasteiger partial charge in [0.2, 0.25) is 0 Å².